The topological polar surface area (TPSA) is 66.4 Å². The summed E-state index contributed by atoms with van der Waals surface area (Å²) in [5.41, 5.74) is 0.251. The number of carbonyl (C=O) groups is 2. The van der Waals surface area contributed by atoms with Gasteiger partial charge in [0.15, 0.2) is 0 Å². The Morgan fingerprint density at radius 3 is 2.38 bits per heavy atom. The third-order valence-corrected chi connectivity index (χ3v) is 2.31. The molecule has 0 atom stereocenters. The normalized spacial score (nSPS) is 25.9. The van der Waals surface area contributed by atoms with Crippen molar-refractivity contribution in [2.75, 3.05) is 0 Å². The van der Waals surface area contributed by atoms with Gasteiger partial charge < -0.3 is 10.4 Å². The molecule has 1 rings (SSSR count). The lowest BCUT2D eigenvalue weighted by Crippen LogP contribution is -2.44. The summed E-state index contributed by atoms with van der Waals surface area (Å²) >= 11 is 0. The van der Waals surface area contributed by atoms with Gasteiger partial charge in [0.25, 0.3) is 0 Å². The van der Waals surface area contributed by atoms with Crippen LogP contribution in [0.15, 0.2) is 12.2 Å². The molecule has 1 saturated carbocycles. The number of amides is 1. The lowest BCUT2D eigenvalue weighted by atomic mass is 9.76. The summed E-state index contributed by atoms with van der Waals surface area (Å²) in [4.78, 5) is 21.1. The molecular formula is C9H13NO3. The molecule has 2 N–H and O–H groups in total. The van der Waals surface area contributed by atoms with E-state index in [1.54, 1.807) is 0 Å². The fourth-order valence-electron chi connectivity index (χ4n) is 1.48. The first-order chi connectivity index (χ1) is 6.00. The van der Waals surface area contributed by atoms with Crippen LogP contribution in [0.2, 0.25) is 0 Å². The average molecular weight is 183 g/mol. The van der Waals surface area contributed by atoms with Gasteiger partial charge in [-0.15, -0.1) is 0 Å². The predicted octanol–water partition coefficient (Wildman–Crippen LogP) is 0.542. The second-order valence-corrected chi connectivity index (χ2v) is 3.40. The lowest BCUT2D eigenvalue weighted by molar-refractivity contribution is -0.133. The smallest absolute Gasteiger partial charge is 0.331 e. The number of aliphatic carboxylic acids is 1. The summed E-state index contributed by atoms with van der Waals surface area (Å²) in [7, 11) is 0. The fraction of sp³-hybridized carbons (Fsp3) is 0.556. The zero-order valence-electron chi connectivity index (χ0n) is 7.54. The van der Waals surface area contributed by atoms with E-state index in [2.05, 4.69) is 11.9 Å². The zero-order valence-corrected chi connectivity index (χ0v) is 7.54. The third-order valence-electron chi connectivity index (χ3n) is 2.31. The van der Waals surface area contributed by atoms with Gasteiger partial charge in [0, 0.05) is 18.5 Å². The van der Waals surface area contributed by atoms with Crippen LogP contribution in [-0.4, -0.2) is 23.0 Å². The Balaban J connectivity index is 2.29. The van der Waals surface area contributed by atoms with E-state index in [-0.39, 0.29) is 23.4 Å². The van der Waals surface area contributed by atoms with E-state index in [0.717, 1.165) is 0 Å². The molecule has 1 fully saturated rings. The quantitative estimate of drug-likeness (QED) is 0.627. The number of nitrogens with one attached hydrogen (secondary N) is 1. The van der Waals surface area contributed by atoms with Crippen molar-refractivity contribution in [3.63, 3.8) is 0 Å². The molecule has 4 heteroatoms. The van der Waals surface area contributed by atoms with Gasteiger partial charge >= 0.3 is 5.97 Å². The van der Waals surface area contributed by atoms with Gasteiger partial charge in [-0.25, -0.2) is 4.79 Å². The lowest BCUT2D eigenvalue weighted by Gasteiger charge is -2.35. The molecular weight excluding hydrogens is 170 g/mol. The van der Waals surface area contributed by atoms with Crippen LogP contribution in [0.4, 0.5) is 0 Å². The molecule has 1 aliphatic rings. The highest BCUT2D eigenvalue weighted by Crippen LogP contribution is 2.32. The molecule has 4 nitrogen and oxygen atoms in total. The number of carboxylic acid groups (broad SMARTS) is 1. The Bertz CT molecular complexity index is 254. The van der Waals surface area contributed by atoms with E-state index in [0.29, 0.717) is 12.8 Å². The van der Waals surface area contributed by atoms with E-state index in [4.69, 9.17) is 5.11 Å². The SMILES string of the molecule is C=C(C(=O)O)C1CC(NC(C)=O)C1. The van der Waals surface area contributed by atoms with E-state index in [1.807, 2.05) is 0 Å². The van der Waals surface area contributed by atoms with E-state index < -0.39 is 5.97 Å². The summed E-state index contributed by atoms with van der Waals surface area (Å²) in [6.45, 7) is 4.94. The summed E-state index contributed by atoms with van der Waals surface area (Å²) in [5, 5.41) is 11.3. The third kappa shape index (κ3) is 2.31. The highest BCUT2D eigenvalue weighted by Gasteiger charge is 2.33. The maximum absolute atomic E-state index is 10.6. The second-order valence-electron chi connectivity index (χ2n) is 3.40. The van der Waals surface area contributed by atoms with Crippen LogP contribution in [0.25, 0.3) is 0 Å². The van der Waals surface area contributed by atoms with Crippen LogP contribution in [0.5, 0.6) is 0 Å². The van der Waals surface area contributed by atoms with Crippen molar-refractivity contribution in [2.24, 2.45) is 5.92 Å². The Morgan fingerprint density at radius 1 is 1.46 bits per heavy atom. The summed E-state index contributed by atoms with van der Waals surface area (Å²) in [6.07, 6.45) is 1.40. The highest BCUT2D eigenvalue weighted by molar-refractivity contribution is 5.86. The Kier molecular flexibility index (Phi) is 2.70. The van der Waals surface area contributed by atoms with Crippen LogP contribution in [0.1, 0.15) is 19.8 Å². The summed E-state index contributed by atoms with van der Waals surface area (Å²) in [5.74, 6) is -0.968. The minimum absolute atomic E-state index is 0.0364. The first-order valence-electron chi connectivity index (χ1n) is 4.20. The minimum Gasteiger partial charge on any atom is -0.478 e. The van der Waals surface area contributed by atoms with Crippen LogP contribution in [0.3, 0.4) is 0 Å². The van der Waals surface area contributed by atoms with Crippen molar-refractivity contribution in [1.82, 2.24) is 5.32 Å². The summed E-state index contributed by atoms with van der Waals surface area (Å²) in [6, 6.07) is 0.138. The molecule has 0 aliphatic heterocycles. The van der Waals surface area contributed by atoms with Gasteiger partial charge in [-0.3, -0.25) is 4.79 Å². The summed E-state index contributed by atoms with van der Waals surface area (Å²) < 4.78 is 0. The van der Waals surface area contributed by atoms with Crippen molar-refractivity contribution >= 4 is 11.9 Å². The van der Waals surface area contributed by atoms with E-state index in [9.17, 15) is 9.59 Å². The first kappa shape index (κ1) is 9.77. The van der Waals surface area contributed by atoms with Crippen molar-refractivity contribution in [3.05, 3.63) is 12.2 Å². The number of carbonyl (C=O) groups excluding carboxylic acids is 1. The molecule has 0 unspecified atom stereocenters. The van der Waals surface area contributed by atoms with Gasteiger partial charge in [-0.05, 0) is 18.8 Å². The first-order valence-corrected chi connectivity index (χ1v) is 4.20. The van der Waals surface area contributed by atoms with Crippen molar-refractivity contribution in [3.8, 4) is 0 Å². The Morgan fingerprint density at radius 2 is 2.00 bits per heavy atom. The van der Waals surface area contributed by atoms with Crippen LogP contribution in [0, 0.1) is 5.92 Å². The molecule has 1 aliphatic carbocycles. The molecule has 0 aromatic heterocycles. The second kappa shape index (κ2) is 3.60. The Hall–Kier alpha value is -1.32. The van der Waals surface area contributed by atoms with E-state index >= 15 is 0 Å². The molecule has 0 radical (unpaired) electrons. The van der Waals surface area contributed by atoms with Crippen molar-refractivity contribution in [1.29, 1.82) is 0 Å². The maximum Gasteiger partial charge on any atom is 0.331 e. The van der Waals surface area contributed by atoms with E-state index in [1.165, 1.54) is 6.92 Å². The molecule has 13 heavy (non-hydrogen) atoms. The van der Waals surface area contributed by atoms with Crippen molar-refractivity contribution < 1.29 is 14.7 Å². The molecule has 72 valence electrons. The average Bonchev–Trinajstić information content (AvgIpc) is 1.94. The highest BCUT2D eigenvalue weighted by atomic mass is 16.4. The number of hydrogen-bond acceptors (Lipinski definition) is 2. The molecule has 0 aromatic carbocycles. The van der Waals surface area contributed by atoms with Crippen molar-refractivity contribution in [2.45, 2.75) is 25.8 Å². The molecule has 0 heterocycles. The molecule has 0 saturated heterocycles. The number of hydrogen-bond donors (Lipinski definition) is 2. The monoisotopic (exact) mass is 183 g/mol. The largest absolute Gasteiger partial charge is 0.478 e. The number of carboxylic acids is 1. The molecule has 0 spiro atoms. The minimum atomic E-state index is -0.939. The van der Waals surface area contributed by atoms with Gasteiger partial charge in [0.2, 0.25) is 5.91 Å². The zero-order chi connectivity index (χ0) is 10.0. The van der Waals surface area contributed by atoms with Gasteiger partial charge in [-0.1, -0.05) is 6.58 Å². The maximum atomic E-state index is 10.6. The van der Waals surface area contributed by atoms with Gasteiger partial charge in [0.1, 0.15) is 0 Å². The predicted molar refractivity (Wildman–Crippen MR) is 47.1 cm³/mol. The molecule has 0 aromatic rings. The fourth-order valence-corrected chi connectivity index (χ4v) is 1.48. The van der Waals surface area contributed by atoms with Gasteiger partial charge in [-0.2, -0.15) is 0 Å². The van der Waals surface area contributed by atoms with Gasteiger partial charge in [0.05, 0.1) is 0 Å². The van der Waals surface area contributed by atoms with Crippen LogP contribution in [-0.2, 0) is 9.59 Å². The molecule has 0 bridgehead atoms. The number of rotatable bonds is 3. The standard InChI is InChI=1S/C9H13NO3/c1-5(9(12)13)7-3-8(4-7)10-6(2)11/h7-8H,1,3-4H2,2H3,(H,10,11)(H,12,13). The van der Waals surface area contributed by atoms with Crippen LogP contribution < -0.4 is 5.32 Å². The van der Waals surface area contributed by atoms with Crippen LogP contribution >= 0.6 is 0 Å². The Labute approximate surface area is 76.6 Å². The molecule has 1 amide bonds.